The first-order valence-electron chi connectivity index (χ1n) is 6.10. The number of hydrogen-bond acceptors (Lipinski definition) is 4. The smallest absolute Gasteiger partial charge is 0.258 e. The number of halogens is 1. The van der Waals surface area contributed by atoms with Crippen LogP contribution < -0.4 is 5.73 Å². The van der Waals surface area contributed by atoms with Crippen molar-refractivity contribution in [2.45, 2.75) is 6.92 Å². The van der Waals surface area contributed by atoms with Gasteiger partial charge in [-0.2, -0.15) is 4.98 Å². The monoisotopic (exact) mass is 329 g/mol. The molecule has 0 unspecified atom stereocenters. The number of nitrogens with zero attached hydrogens (tertiary/aromatic N) is 2. The van der Waals surface area contributed by atoms with Gasteiger partial charge < -0.3 is 10.3 Å². The minimum atomic E-state index is 0.494. The first-order chi connectivity index (χ1) is 9.65. The SMILES string of the molecule is Cc1cc(N)ccc1-c1nc(-c2ccccc2Br)no1. The van der Waals surface area contributed by atoms with Gasteiger partial charge >= 0.3 is 0 Å². The summed E-state index contributed by atoms with van der Waals surface area (Å²) in [4.78, 5) is 4.45. The maximum Gasteiger partial charge on any atom is 0.258 e. The lowest BCUT2D eigenvalue weighted by molar-refractivity contribution is 0.432. The summed E-state index contributed by atoms with van der Waals surface area (Å²) in [5, 5.41) is 4.04. The highest BCUT2D eigenvalue weighted by molar-refractivity contribution is 9.10. The first-order valence-corrected chi connectivity index (χ1v) is 6.89. The molecule has 20 heavy (non-hydrogen) atoms. The number of nitrogen functional groups attached to an aromatic ring is 1. The predicted octanol–water partition coefficient (Wildman–Crippen LogP) is 4.06. The van der Waals surface area contributed by atoms with Gasteiger partial charge in [0.05, 0.1) is 0 Å². The van der Waals surface area contributed by atoms with Crippen LogP contribution in [0.15, 0.2) is 51.5 Å². The van der Waals surface area contributed by atoms with Gasteiger partial charge in [0.2, 0.25) is 5.82 Å². The van der Waals surface area contributed by atoms with Gasteiger partial charge in [0.15, 0.2) is 0 Å². The van der Waals surface area contributed by atoms with E-state index >= 15 is 0 Å². The molecule has 4 nitrogen and oxygen atoms in total. The van der Waals surface area contributed by atoms with Crippen molar-refractivity contribution in [1.29, 1.82) is 0 Å². The Balaban J connectivity index is 2.04. The number of benzene rings is 2. The molecule has 1 heterocycles. The van der Waals surface area contributed by atoms with E-state index in [9.17, 15) is 0 Å². The minimum Gasteiger partial charge on any atom is -0.399 e. The van der Waals surface area contributed by atoms with Gasteiger partial charge in [0, 0.05) is 21.3 Å². The summed E-state index contributed by atoms with van der Waals surface area (Å²) in [5.74, 6) is 1.05. The summed E-state index contributed by atoms with van der Waals surface area (Å²) in [7, 11) is 0. The van der Waals surface area contributed by atoms with Crippen LogP contribution in [0.25, 0.3) is 22.8 Å². The van der Waals surface area contributed by atoms with E-state index in [0.29, 0.717) is 11.7 Å². The number of aromatic nitrogens is 2. The van der Waals surface area contributed by atoms with E-state index in [4.69, 9.17) is 10.3 Å². The van der Waals surface area contributed by atoms with Crippen molar-refractivity contribution in [3.05, 3.63) is 52.5 Å². The van der Waals surface area contributed by atoms with Crippen LogP contribution in [0.4, 0.5) is 5.69 Å². The molecule has 3 aromatic rings. The van der Waals surface area contributed by atoms with Crippen LogP contribution in [0.5, 0.6) is 0 Å². The van der Waals surface area contributed by atoms with Crippen molar-refractivity contribution in [3.8, 4) is 22.8 Å². The Morgan fingerprint density at radius 1 is 1.10 bits per heavy atom. The summed E-state index contributed by atoms with van der Waals surface area (Å²) in [6.07, 6.45) is 0. The van der Waals surface area contributed by atoms with Crippen LogP contribution in [0.1, 0.15) is 5.56 Å². The fraction of sp³-hybridized carbons (Fsp3) is 0.0667. The number of rotatable bonds is 2. The first kappa shape index (κ1) is 12.9. The molecule has 3 rings (SSSR count). The van der Waals surface area contributed by atoms with E-state index in [1.165, 1.54) is 0 Å². The van der Waals surface area contributed by atoms with Crippen LogP contribution >= 0.6 is 15.9 Å². The minimum absolute atomic E-state index is 0.494. The van der Waals surface area contributed by atoms with Crippen molar-refractivity contribution in [3.63, 3.8) is 0 Å². The van der Waals surface area contributed by atoms with Crippen LogP contribution in [-0.4, -0.2) is 10.1 Å². The molecule has 0 aliphatic carbocycles. The van der Waals surface area contributed by atoms with E-state index in [-0.39, 0.29) is 0 Å². The molecule has 5 heteroatoms. The molecule has 1 aromatic heterocycles. The lowest BCUT2D eigenvalue weighted by atomic mass is 10.1. The lowest BCUT2D eigenvalue weighted by Gasteiger charge is -2.01. The van der Waals surface area contributed by atoms with Crippen LogP contribution in [0, 0.1) is 6.92 Å². The third-order valence-electron chi connectivity index (χ3n) is 3.02. The highest BCUT2D eigenvalue weighted by Crippen LogP contribution is 2.29. The zero-order chi connectivity index (χ0) is 14.1. The molecular formula is C15H12BrN3O. The van der Waals surface area contributed by atoms with E-state index in [2.05, 4.69) is 26.1 Å². The average molecular weight is 330 g/mol. The highest BCUT2D eigenvalue weighted by atomic mass is 79.9. The lowest BCUT2D eigenvalue weighted by Crippen LogP contribution is -1.89. The van der Waals surface area contributed by atoms with Gasteiger partial charge in [-0.15, -0.1) is 0 Å². The second-order valence-electron chi connectivity index (χ2n) is 4.48. The summed E-state index contributed by atoms with van der Waals surface area (Å²) in [5.41, 5.74) is 9.27. The Bertz CT molecular complexity index is 767. The molecule has 0 saturated carbocycles. The second kappa shape index (κ2) is 5.09. The molecule has 0 spiro atoms. The van der Waals surface area contributed by atoms with Crippen molar-refractivity contribution >= 4 is 21.6 Å². The molecule has 0 bridgehead atoms. The molecule has 0 aliphatic rings. The number of hydrogen-bond donors (Lipinski definition) is 1. The van der Waals surface area contributed by atoms with E-state index in [1.807, 2.05) is 49.4 Å². The Morgan fingerprint density at radius 3 is 2.65 bits per heavy atom. The van der Waals surface area contributed by atoms with Gasteiger partial charge in [0.25, 0.3) is 5.89 Å². The van der Waals surface area contributed by atoms with Gasteiger partial charge in [0.1, 0.15) is 0 Å². The van der Waals surface area contributed by atoms with Gasteiger partial charge in [-0.1, -0.05) is 33.2 Å². The topological polar surface area (TPSA) is 64.9 Å². The maximum absolute atomic E-state index is 5.75. The number of aryl methyl sites for hydroxylation is 1. The van der Waals surface area contributed by atoms with Crippen molar-refractivity contribution in [1.82, 2.24) is 10.1 Å². The Kier molecular flexibility index (Phi) is 3.28. The Hall–Kier alpha value is -2.14. The number of nitrogens with two attached hydrogens (primary N) is 1. The Morgan fingerprint density at radius 2 is 1.90 bits per heavy atom. The fourth-order valence-corrected chi connectivity index (χ4v) is 2.47. The van der Waals surface area contributed by atoms with E-state index < -0.39 is 0 Å². The van der Waals surface area contributed by atoms with E-state index in [1.54, 1.807) is 0 Å². The summed E-state index contributed by atoms with van der Waals surface area (Å²) in [6, 6.07) is 13.4. The summed E-state index contributed by atoms with van der Waals surface area (Å²) < 4.78 is 6.29. The molecule has 100 valence electrons. The van der Waals surface area contributed by atoms with Crippen molar-refractivity contribution in [2.24, 2.45) is 0 Å². The highest BCUT2D eigenvalue weighted by Gasteiger charge is 2.14. The molecule has 0 amide bonds. The van der Waals surface area contributed by atoms with Crippen molar-refractivity contribution < 1.29 is 4.52 Å². The summed E-state index contributed by atoms with van der Waals surface area (Å²) in [6.45, 7) is 1.97. The van der Waals surface area contributed by atoms with Gasteiger partial charge in [-0.25, -0.2) is 0 Å². The molecule has 0 radical (unpaired) electrons. The van der Waals surface area contributed by atoms with Crippen LogP contribution in [0.2, 0.25) is 0 Å². The zero-order valence-electron chi connectivity index (χ0n) is 10.8. The largest absolute Gasteiger partial charge is 0.399 e. The van der Waals surface area contributed by atoms with Gasteiger partial charge in [-0.05, 0) is 42.8 Å². The quantitative estimate of drug-likeness (QED) is 0.720. The molecule has 0 atom stereocenters. The molecule has 0 saturated heterocycles. The molecular weight excluding hydrogens is 318 g/mol. The van der Waals surface area contributed by atoms with E-state index in [0.717, 1.165) is 26.9 Å². The predicted molar refractivity (Wildman–Crippen MR) is 82.0 cm³/mol. The molecule has 0 fully saturated rings. The molecule has 2 aromatic carbocycles. The van der Waals surface area contributed by atoms with Crippen LogP contribution in [-0.2, 0) is 0 Å². The normalized spacial score (nSPS) is 10.7. The molecule has 2 N–H and O–H groups in total. The van der Waals surface area contributed by atoms with Crippen molar-refractivity contribution in [2.75, 3.05) is 5.73 Å². The zero-order valence-corrected chi connectivity index (χ0v) is 12.4. The van der Waals surface area contributed by atoms with Gasteiger partial charge in [-0.3, -0.25) is 0 Å². The Labute approximate surface area is 124 Å². The standard InChI is InChI=1S/C15H12BrN3O/c1-9-8-10(17)6-7-11(9)15-18-14(19-20-15)12-4-2-3-5-13(12)16/h2-8H,17H2,1H3. The maximum atomic E-state index is 5.75. The third-order valence-corrected chi connectivity index (χ3v) is 3.71. The molecule has 0 aliphatic heterocycles. The number of anilines is 1. The summed E-state index contributed by atoms with van der Waals surface area (Å²) >= 11 is 3.48. The average Bonchev–Trinajstić information content (AvgIpc) is 2.88. The third kappa shape index (κ3) is 2.32. The second-order valence-corrected chi connectivity index (χ2v) is 5.33. The van der Waals surface area contributed by atoms with Crippen LogP contribution in [0.3, 0.4) is 0 Å². The fourth-order valence-electron chi connectivity index (χ4n) is 2.01.